The Kier molecular flexibility index (Phi) is 3.83. The summed E-state index contributed by atoms with van der Waals surface area (Å²) in [6.07, 6.45) is -0.535. The third-order valence-corrected chi connectivity index (χ3v) is 3.40. The number of aryl methyl sites for hydroxylation is 1. The Bertz CT molecular complexity index is 511. The molecule has 1 heteroatoms. The first-order chi connectivity index (χ1) is 8.59. The SMILES string of the molecule is Cc1ccccc1C(O)c1ccc(C(C)C)cc1. The molecular formula is C17H20O. The van der Waals surface area contributed by atoms with Crippen LogP contribution in [0.2, 0.25) is 0 Å². The first-order valence-corrected chi connectivity index (χ1v) is 6.43. The number of hydrogen-bond acceptors (Lipinski definition) is 1. The van der Waals surface area contributed by atoms with E-state index in [1.807, 2.05) is 43.3 Å². The Morgan fingerprint density at radius 1 is 0.833 bits per heavy atom. The molecule has 0 aliphatic carbocycles. The molecule has 0 spiro atoms. The minimum Gasteiger partial charge on any atom is -0.384 e. The molecule has 0 aliphatic rings. The van der Waals surface area contributed by atoms with E-state index in [0.717, 1.165) is 16.7 Å². The Morgan fingerprint density at radius 3 is 1.94 bits per heavy atom. The van der Waals surface area contributed by atoms with Crippen molar-refractivity contribution in [3.8, 4) is 0 Å². The highest BCUT2D eigenvalue weighted by Gasteiger charge is 2.12. The minimum atomic E-state index is -0.535. The highest BCUT2D eigenvalue weighted by Crippen LogP contribution is 2.25. The Morgan fingerprint density at radius 2 is 1.39 bits per heavy atom. The molecule has 1 atom stereocenters. The van der Waals surface area contributed by atoms with Gasteiger partial charge in [0.25, 0.3) is 0 Å². The zero-order valence-electron chi connectivity index (χ0n) is 11.2. The molecule has 0 amide bonds. The summed E-state index contributed by atoms with van der Waals surface area (Å²) in [5.41, 5.74) is 4.36. The van der Waals surface area contributed by atoms with Crippen LogP contribution in [0.25, 0.3) is 0 Å². The Hall–Kier alpha value is -1.60. The average molecular weight is 240 g/mol. The zero-order chi connectivity index (χ0) is 13.1. The van der Waals surface area contributed by atoms with Crippen molar-refractivity contribution in [2.45, 2.75) is 32.8 Å². The van der Waals surface area contributed by atoms with Crippen molar-refractivity contribution >= 4 is 0 Å². The third-order valence-electron chi connectivity index (χ3n) is 3.40. The monoisotopic (exact) mass is 240 g/mol. The smallest absolute Gasteiger partial charge is 0.104 e. The molecule has 0 saturated carbocycles. The van der Waals surface area contributed by atoms with E-state index in [9.17, 15) is 5.11 Å². The predicted octanol–water partition coefficient (Wildman–Crippen LogP) is 4.20. The average Bonchev–Trinajstić information content (AvgIpc) is 2.38. The Labute approximate surface area is 109 Å². The van der Waals surface area contributed by atoms with Crippen molar-refractivity contribution < 1.29 is 5.11 Å². The topological polar surface area (TPSA) is 20.2 Å². The maximum absolute atomic E-state index is 10.4. The molecular weight excluding hydrogens is 220 g/mol. The number of aliphatic hydroxyl groups excluding tert-OH is 1. The summed E-state index contributed by atoms with van der Waals surface area (Å²) < 4.78 is 0. The van der Waals surface area contributed by atoms with Gasteiger partial charge in [0.2, 0.25) is 0 Å². The van der Waals surface area contributed by atoms with Crippen LogP contribution < -0.4 is 0 Å². The predicted molar refractivity (Wildman–Crippen MR) is 75.8 cm³/mol. The molecule has 1 nitrogen and oxygen atoms in total. The number of benzene rings is 2. The first-order valence-electron chi connectivity index (χ1n) is 6.43. The molecule has 0 aromatic heterocycles. The van der Waals surface area contributed by atoms with Crippen LogP contribution in [0.4, 0.5) is 0 Å². The molecule has 1 N–H and O–H groups in total. The summed E-state index contributed by atoms with van der Waals surface area (Å²) in [4.78, 5) is 0. The van der Waals surface area contributed by atoms with Gasteiger partial charge in [0.05, 0.1) is 0 Å². The fourth-order valence-corrected chi connectivity index (χ4v) is 2.14. The van der Waals surface area contributed by atoms with E-state index in [-0.39, 0.29) is 0 Å². The van der Waals surface area contributed by atoms with Gasteiger partial charge in [-0.05, 0) is 35.1 Å². The molecule has 0 aliphatic heterocycles. The fourth-order valence-electron chi connectivity index (χ4n) is 2.14. The van der Waals surface area contributed by atoms with Gasteiger partial charge >= 0.3 is 0 Å². The van der Waals surface area contributed by atoms with Crippen molar-refractivity contribution in [1.29, 1.82) is 0 Å². The van der Waals surface area contributed by atoms with E-state index in [1.165, 1.54) is 5.56 Å². The second-order valence-corrected chi connectivity index (χ2v) is 5.08. The minimum absolute atomic E-state index is 0.523. The number of rotatable bonds is 3. The van der Waals surface area contributed by atoms with Gasteiger partial charge in [0, 0.05) is 0 Å². The molecule has 0 radical (unpaired) electrons. The quantitative estimate of drug-likeness (QED) is 0.852. The van der Waals surface area contributed by atoms with Crippen molar-refractivity contribution in [1.82, 2.24) is 0 Å². The Balaban J connectivity index is 2.29. The summed E-state index contributed by atoms with van der Waals surface area (Å²) in [5, 5.41) is 10.4. The van der Waals surface area contributed by atoms with Crippen molar-refractivity contribution in [2.75, 3.05) is 0 Å². The lowest BCUT2D eigenvalue weighted by atomic mass is 9.95. The summed E-state index contributed by atoms with van der Waals surface area (Å²) >= 11 is 0. The summed E-state index contributed by atoms with van der Waals surface area (Å²) in [6, 6.07) is 16.2. The molecule has 0 fully saturated rings. The summed E-state index contributed by atoms with van der Waals surface area (Å²) in [5.74, 6) is 0.523. The largest absolute Gasteiger partial charge is 0.384 e. The van der Waals surface area contributed by atoms with Gasteiger partial charge in [0.15, 0.2) is 0 Å². The molecule has 0 bridgehead atoms. The van der Waals surface area contributed by atoms with Gasteiger partial charge < -0.3 is 5.11 Å². The van der Waals surface area contributed by atoms with Crippen molar-refractivity contribution in [2.24, 2.45) is 0 Å². The van der Waals surface area contributed by atoms with Crippen LogP contribution >= 0.6 is 0 Å². The third kappa shape index (κ3) is 2.62. The maximum Gasteiger partial charge on any atom is 0.104 e. The molecule has 2 rings (SSSR count). The zero-order valence-corrected chi connectivity index (χ0v) is 11.2. The lowest BCUT2D eigenvalue weighted by molar-refractivity contribution is 0.219. The molecule has 2 aromatic carbocycles. The number of aliphatic hydroxyl groups is 1. The van der Waals surface area contributed by atoms with Crippen LogP contribution in [0, 0.1) is 6.92 Å². The van der Waals surface area contributed by atoms with Crippen LogP contribution in [-0.4, -0.2) is 5.11 Å². The lowest BCUT2D eigenvalue weighted by Gasteiger charge is -2.15. The van der Waals surface area contributed by atoms with E-state index >= 15 is 0 Å². The van der Waals surface area contributed by atoms with Crippen molar-refractivity contribution in [3.63, 3.8) is 0 Å². The van der Waals surface area contributed by atoms with Crippen LogP contribution in [0.3, 0.4) is 0 Å². The second-order valence-electron chi connectivity index (χ2n) is 5.08. The first kappa shape index (κ1) is 12.8. The maximum atomic E-state index is 10.4. The van der Waals surface area contributed by atoms with Gasteiger partial charge in [-0.3, -0.25) is 0 Å². The highest BCUT2D eigenvalue weighted by atomic mass is 16.3. The van der Waals surface area contributed by atoms with E-state index < -0.39 is 6.10 Å². The molecule has 2 aromatic rings. The molecule has 1 unspecified atom stereocenters. The van der Waals surface area contributed by atoms with Crippen LogP contribution in [-0.2, 0) is 0 Å². The van der Waals surface area contributed by atoms with E-state index in [1.54, 1.807) is 0 Å². The molecule has 94 valence electrons. The van der Waals surface area contributed by atoms with Crippen LogP contribution in [0.15, 0.2) is 48.5 Å². The second kappa shape index (κ2) is 5.36. The lowest BCUT2D eigenvalue weighted by Crippen LogP contribution is -2.02. The van der Waals surface area contributed by atoms with Gasteiger partial charge in [0.1, 0.15) is 6.10 Å². The highest BCUT2D eigenvalue weighted by molar-refractivity contribution is 5.36. The van der Waals surface area contributed by atoms with Crippen LogP contribution in [0.1, 0.15) is 48.1 Å². The van der Waals surface area contributed by atoms with Gasteiger partial charge in [-0.25, -0.2) is 0 Å². The van der Waals surface area contributed by atoms with Gasteiger partial charge in [-0.1, -0.05) is 62.4 Å². The standard InChI is InChI=1S/C17H20O/c1-12(2)14-8-10-15(11-9-14)17(18)16-7-5-4-6-13(16)3/h4-12,17-18H,1-3H3. The van der Waals surface area contributed by atoms with E-state index in [0.29, 0.717) is 5.92 Å². The van der Waals surface area contributed by atoms with E-state index in [4.69, 9.17) is 0 Å². The van der Waals surface area contributed by atoms with E-state index in [2.05, 4.69) is 26.0 Å². The van der Waals surface area contributed by atoms with Crippen LogP contribution in [0.5, 0.6) is 0 Å². The van der Waals surface area contributed by atoms with Crippen molar-refractivity contribution in [3.05, 3.63) is 70.8 Å². The summed E-state index contributed by atoms with van der Waals surface area (Å²) in [6.45, 7) is 6.38. The molecule has 0 saturated heterocycles. The normalized spacial score (nSPS) is 12.7. The molecule has 0 heterocycles. The van der Waals surface area contributed by atoms with Gasteiger partial charge in [-0.15, -0.1) is 0 Å². The summed E-state index contributed by atoms with van der Waals surface area (Å²) in [7, 11) is 0. The molecule has 18 heavy (non-hydrogen) atoms. The number of hydrogen-bond donors (Lipinski definition) is 1. The fraction of sp³-hybridized carbons (Fsp3) is 0.294. The van der Waals surface area contributed by atoms with Gasteiger partial charge in [-0.2, -0.15) is 0 Å².